The normalized spacial score (nSPS) is 31.1. The highest BCUT2D eigenvalue weighted by molar-refractivity contribution is 6.15. The molecule has 2 saturated heterocycles. The highest BCUT2D eigenvalue weighted by Gasteiger charge is 2.57. The van der Waals surface area contributed by atoms with Crippen molar-refractivity contribution in [3.05, 3.63) is 30.3 Å². The first-order chi connectivity index (χ1) is 9.91. The molecule has 0 aromatic heterocycles. The molecule has 1 aromatic carbocycles. The standard InChI is InChI=1S/C16H19NO4/c1-10(18)13-14(12-9-20-16(2,3)21-12)17(15(13)19)11-7-5-4-6-8-11/h4-8,12-14H,9H2,1-3H3/t12-,13-,14-/m1/s1. The lowest BCUT2D eigenvalue weighted by molar-refractivity contribution is -0.156. The van der Waals surface area contributed by atoms with E-state index in [-0.39, 0.29) is 23.8 Å². The fourth-order valence-corrected chi connectivity index (χ4v) is 3.08. The van der Waals surface area contributed by atoms with Gasteiger partial charge in [-0.2, -0.15) is 0 Å². The van der Waals surface area contributed by atoms with Gasteiger partial charge < -0.3 is 14.4 Å². The Bertz CT molecular complexity index is 569. The number of amides is 1. The number of anilines is 1. The van der Waals surface area contributed by atoms with Gasteiger partial charge in [0.25, 0.3) is 0 Å². The van der Waals surface area contributed by atoms with Crippen LogP contribution in [0.5, 0.6) is 0 Å². The molecular weight excluding hydrogens is 270 g/mol. The van der Waals surface area contributed by atoms with Gasteiger partial charge in [0.05, 0.1) is 12.6 Å². The van der Waals surface area contributed by atoms with Gasteiger partial charge in [0.15, 0.2) is 5.79 Å². The summed E-state index contributed by atoms with van der Waals surface area (Å²) in [5.74, 6) is -1.59. The zero-order chi connectivity index (χ0) is 15.2. The molecular formula is C16H19NO4. The number of carbonyl (C=O) groups excluding carboxylic acids is 2. The molecule has 2 fully saturated rings. The summed E-state index contributed by atoms with van der Waals surface area (Å²) in [6.45, 7) is 5.52. The first kappa shape index (κ1) is 14.2. The SMILES string of the molecule is CC(=O)[C@H]1C(=O)N(c2ccccc2)[C@@H]1[C@H]1COC(C)(C)O1. The Morgan fingerprint density at radius 1 is 1.29 bits per heavy atom. The largest absolute Gasteiger partial charge is 0.348 e. The van der Waals surface area contributed by atoms with E-state index in [0.29, 0.717) is 6.61 Å². The van der Waals surface area contributed by atoms with Crippen LogP contribution < -0.4 is 4.90 Å². The van der Waals surface area contributed by atoms with Gasteiger partial charge in [-0.05, 0) is 32.9 Å². The molecule has 2 aliphatic rings. The molecule has 0 bridgehead atoms. The Labute approximate surface area is 123 Å². The number of rotatable bonds is 3. The van der Waals surface area contributed by atoms with Crippen LogP contribution in [-0.4, -0.2) is 36.2 Å². The van der Waals surface area contributed by atoms with Gasteiger partial charge in [0.2, 0.25) is 5.91 Å². The lowest BCUT2D eigenvalue weighted by Gasteiger charge is -2.48. The van der Waals surface area contributed by atoms with Crippen molar-refractivity contribution in [3.63, 3.8) is 0 Å². The van der Waals surface area contributed by atoms with Crippen LogP contribution in [0.4, 0.5) is 5.69 Å². The fraction of sp³-hybridized carbons (Fsp3) is 0.500. The van der Waals surface area contributed by atoms with Crippen LogP contribution in [-0.2, 0) is 19.1 Å². The van der Waals surface area contributed by atoms with Crippen molar-refractivity contribution in [2.45, 2.75) is 38.7 Å². The molecule has 3 atom stereocenters. The summed E-state index contributed by atoms with van der Waals surface area (Å²) in [7, 11) is 0. The van der Waals surface area contributed by atoms with Gasteiger partial charge in [0, 0.05) is 5.69 Å². The molecule has 0 saturated carbocycles. The second-order valence-corrected chi connectivity index (χ2v) is 5.99. The van der Waals surface area contributed by atoms with E-state index >= 15 is 0 Å². The van der Waals surface area contributed by atoms with E-state index in [1.165, 1.54) is 6.92 Å². The minimum atomic E-state index is -0.674. The van der Waals surface area contributed by atoms with Crippen LogP contribution in [0.2, 0.25) is 0 Å². The fourth-order valence-electron chi connectivity index (χ4n) is 3.08. The molecule has 112 valence electrons. The molecule has 5 heteroatoms. The van der Waals surface area contributed by atoms with Crippen LogP contribution >= 0.6 is 0 Å². The van der Waals surface area contributed by atoms with E-state index in [0.717, 1.165) is 5.69 Å². The second kappa shape index (κ2) is 4.93. The van der Waals surface area contributed by atoms with Crippen LogP contribution in [0, 0.1) is 5.92 Å². The number of nitrogens with zero attached hydrogens (tertiary/aromatic N) is 1. The Kier molecular flexibility index (Phi) is 3.34. The van der Waals surface area contributed by atoms with Crippen molar-refractivity contribution in [1.82, 2.24) is 0 Å². The Hall–Kier alpha value is -1.72. The van der Waals surface area contributed by atoms with Crippen molar-refractivity contribution in [2.24, 2.45) is 5.92 Å². The summed E-state index contributed by atoms with van der Waals surface area (Å²) < 4.78 is 11.5. The van der Waals surface area contributed by atoms with E-state index in [1.807, 2.05) is 44.2 Å². The summed E-state index contributed by atoms with van der Waals surface area (Å²) >= 11 is 0. The lowest BCUT2D eigenvalue weighted by Crippen LogP contribution is -2.68. The van der Waals surface area contributed by atoms with E-state index in [4.69, 9.17) is 9.47 Å². The smallest absolute Gasteiger partial charge is 0.240 e. The predicted octanol–water partition coefficient (Wildman–Crippen LogP) is 1.76. The maximum Gasteiger partial charge on any atom is 0.240 e. The summed E-state index contributed by atoms with van der Waals surface area (Å²) in [4.78, 5) is 25.8. The second-order valence-electron chi connectivity index (χ2n) is 5.99. The lowest BCUT2D eigenvalue weighted by atomic mass is 9.80. The number of β-lactam (4-membered cyclic amide) rings is 1. The summed E-state index contributed by atoms with van der Waals surface area (Å²) in [5.41, 5.74) is 0.790. The van der Waals surface area contributed by atoms with Crippen molar-refractivity contribution in [2.75, 3.05) is 11.5 Å². The molecule has 1 aromatic rings. The molecule has 2 aliphatic heterocycles. The van der Waals surface area contributed by atoms with Gasteiger partial charge >= 0.3 is 0 Å². The molecule has 2 heterocycles. The molecule has 1 amide bonds. The average Bonchev–Trinajstić information content (AvgIpc) is 2.76. The highest BCUT2D eigenvalue weighted by atomic mass is 16.7. The van der Waals surface area contributed by atoms with Crippen molar-refractivity contribution >= 4 is 17.4 Å². The number of benzene rings is 1. The van der Waals surface area contributed by atoms with Crippen molar-refractivity contribution in [1.29, 1.82) is 0 Å². The van der Waals surface area contributed by atoms with Crippen LogP contribution in [0.1, 0.15) is 20.8 Å². The van der Waals surface area contributed by atoms with Gasteiger partial charge in [-0.3, -0.25) is 9.59 Å². The van der Waals surface area contributed by atoms with Gasteiger partial charge in [-0.15, -0.1) is 0 Å². The van der Waals surface area contributed by atoms with Crippen molar-refractivity contribution in [3.8, 4) is 0 Å². The van der Waals surface area contributed by atoms with Crippen LogP contribution in [0.25, 0.3) is 0 Å². The van der Waals surface area contributed by atoms with E-state index < -0.39 is 11.7 Å². The third-order valence-corrected chi connectivity index (χ3v) is 4.03. The third kappa shape index (κ3) is 2.36. The molecule has 0 aliphatic carbocycles. The summed E-state index contributed by atoms with van der Waals surface area (Å²) in [5, 5.41) is 0. The minimum absolute atomic E-state index is 0.120. The topological polar surface area (TPSA) is 55.8 Å². The summed E-state index contributed by atoms with van der Waals surface area (Å²) in [6.07, 6.45) is -0.285. The minimum Gasteiger partial charge on any atom is -0.348 e. The predicted molar refractivity (Wildman–Crippen MR) is 76.8 cm³/mol. The number of para-hydroxylation sites is 1. The highest BCUT2D eigenvalue weighted by Crippen LogP contribution is 2.39. The number of hydrogen-bond donors (Lipinski definition) is 0. The first-order valence-corrected chi connectivity index (χ1v) is 7.11. The first-order valence-electron chi connectivity index (χ1n) is 7.11. The quantitative estimate of drug-likeness (QED) is 0.628. The number of carbonyl (C=O) groups is 2. The van der Waals surface area contributed by atoms with E-state index in [2.05, 4.69) is 0 Å². The van der Waals surface area contributed by atoms with Crippen molar-refractivity contribution < 1.29 is 19.1 Å². The van der Waals surface area contributed by atoms with Crippen LogP contribution in [0.15, 0.2) is 30.3 Å². The number of hydrogen-bond acceptors (Lipinski definition) is 4. The van der Waals surface area contributed by atoms with Gasteiger partial charge in [-0.25, -0.2) is 0 Å². The molecule has 0 radical (unpaired) electrons. The number of ether oxygens (including phenoxy) is 2. The Morgan fingerprint density at radius 3 is 2.48 bits per heavy atom. The van der Waals surface area contributed by atoms with E-state index in [9.17, 15) is 9.59 Å². The zero-order valence-corrected chi connectivity index (χ0v) is 12.4. The van der Waals surface area contributed by atoms with E-state index in [1.54, 1.807) is 4.90 Å². The molecule has 0 N–H and O–H groups in total. The Balaban J connectivity index is 1.89. The molecule has 0 unspecified atom stereocenters. The maximum absolute atomic E-state index is 12.3. The monoisotopic (exact) mass is 289 g/mol. The molecule has 5 nitrogen and oxygen atoms in total. The maximum atomic E-state index is 12.3. The summed E-state index contributed by atoms with van der Waals surface area (Å²) in [6, 6.07) is 9.07. The van der Waals surface area contributed by atoms with Crippen LogP contribution in [0.3, 0.4) is 0 Å². The molecule has 3 rings (SSSR count). The number of ketones is 1. The Morgan fingerprint density at radius 2 is 1.95 bits per heavy atom. The number of Topliss-reactive ketones (excluding diaryl/α,β-unsaturated/α-hetero) is 1. The molecule has 21 heavy (non-hydrogen) atoms. The zero-order valence-electron chi connectivity index (χ0n) is 12.4. The average molecular weight is 289 g/mol. The van der Waals surface area contributed by atoms with Gasteiger partial charge in [-0.1, -0.05) is 18.2 Å². The van der Waals surface area contributed by atoms with Gasteiger partial charge in [0.1, 0.15) is 17.8 Å². The third-order valence-electron chi connectivity index (χ3n) is 4.03. The molecule has 0 spiro atoms.